The van der Waals surface area contributed by atoms with Gasteiger partial charge in [0.15, 0.2) is 5.65 Å². The van der Waals surface area contributed by atoms with Crippen LogP contribution in [0.25, 0.3) is 11.2 Å². The Hall–Kier alpha value is -2.89. The number of nitrogens with one attached hydrogen (secondary N) is 1. The van der Waals surface area contributed by atoms with Gasteiger partial charge in [0.1, 0.15) is 5.52 Å². The van der Waals surface area contributed by atoms with Crippen LogP contribution in [-0.2, 0) is 13.1 Å². The van der Waals surface area contributed by atoms with Crippen LogP contribution in [0, 0.1) is 5.92 Å². The van der Waals surface area contributed by atoms with E-state index in [-0.39, 0.29) is 6.03 Å². The summed E-state index contributed by atoms with van der Waals surface area (Å²) < 4.78 is 2.10. The van der Waals surface area contributed by atoms with Gasteiger partial charge >= 0.3 is 6.03 Å². The quantitative estimate of drug-likeness (QED) is 0.787. The van der Waals surface area contributed by atoms with Crippen LogP contribution in [0.4, 0.5) is 4.79 Å². The normalized spacial score (nSPS) is 17.4. The van der Waals surface area contributed by atoms with E-state index >= 15 is 0 Å². The van der Waals surface area contributed by atoms with E-state index in [4.69, 9.17) is 0 Å². The highest BCUT2D eigenvalue weighted by Crippen LogP contribution is 2.20. The molecule has 0 radical (unpaired) electrons. The lowest BCUT2D eigenvalue weighted by atomic mass is 9.98. The van der Waals surface area contributed by atoms with Crippen molar-refractivity contribution >= 4 is 17.2 Å². The van der Waals surface area contributed by atoms with E-state index < -0.39 is 0 Å². The van der Waals surface area contributed by atoms with Gasteiger partial charge in [-0.3, -0.25) is 0 Å². The van der Waals surface area contributed by atoms with Crippen molar-refractivity contribution in [1.29, 1.82) is 0 Å². The van der Waals surface area contributed by atoms with Gasteiger partial charge in [0.25, 0.3) is 0 Å². The second-order valence-electron chi connectivity index (χ2n) is 6.84. The lowest BCUT2D eigenvalue weighted by Gasteiger charge is -2.33. The molecule has 1 aliphatic rings. The molecule has 1 aromatic carbocycles. The maximum atomic E-state index is 12.5. The summed E-state index contributed by atoms with van der Waals surface area (Å²) >= 11 is 0. The highest BCUT2D eigenvalue weighted by atomic mass is 16.2. The summed E-state index contributed by atoms with van der Waals surface area (Å²) in [6.07, 6.45) is 5.80. The molecule has 0 saturated carbocycles. The lowest BCUT2D eigenvalue weighted by molar-refractivity contribution is 0.159. The fourth-order valence-corrected chi connectivity index (χ4v) is 3.59. The third-order valence-corrected chi connectivity index (χ3v) is 4.92. The molecule has 26 heavy (non-hydrogen) atoms. The Labute approximate surface area is 152 Å². The van der Waals surface area contributed by atoms with Crippen molar-refractivity contribution in [3.05, 3.63) is 60.6 Å². The highest BCUT2D eigenvalue weighted by molar-refractivity contribution is 5.74. The largest absolute Gasteiger partial charge is 0.334 e. The minimum absolute atomic E-state index is 0.0205. The molecular formula is C20H23N5O. The van der Waals surface area contributed by atoms with Crippen LogP contribution in [0.2, 0.25) is 0 Å². The lowest BCUT2D eigenvalue weighted by Crippen LogP contribution is -2.46. The number of rotatable bonds is 4. The summed E-state index contributed by atoms with van der Waals surface area (Å²) in [6.45, 7) is 3.00. The monoisotopic (exact) mass is 349 g/mol. The van der Waals surface area contributed by atoms with E-state index in [1.807, 2.05) is 53.7 Å². The Morgan fingerprint density at radius 2 is 2.04 bits per heavy atom. The molecule has 6 heteroatoms. The molecule has 134 valence electrons. The number of likely N-dealkylation sites (tertiary alicyclic amines) is 1. The van der Waals surface area contributed by atoms with Gasteiger partial charge in [-0.1, -0.05) is 30.3 Å². The number of hydrogen-bond acceptors (Lipinski definition) is 3. The number of pyridine rings is 1. The van der Waals surface area contributed by atoms with Crippen molar-refractivity contribution in [2.75, 3.05) is 13.1 Å². The standard InChI is InChI=1S/C20H23N5O/c26-20(22-12-16-6-2-1-3-7-16)24-11-5-8-17(13-24)14-25-15-23-18-9-4-10-21-19(18)25/h1-4,6-7,9-10,15,17H,5,8,11-14H2,(H,22,26)/t17-/m0/s1. The smallest absolute Gasteiger partial charge is 0.317 e. The zero-order valence-electron chi connectivity index (χ0n) is 14.7. The van der Waals surface area contributed by atoms with Crippen LogP contribution in [0.5, 0.6) is 0 Å². The maximum absolute atomic E-state index is 12.5. The molecule has 1 atom stereocenters. The van der Waals surface area contributed by atoms with Crippen molar-refractivity contribution in [1.82, 2.24) is 24.8 Å². The minimum atomic E-state index is 0.0205. The fraction of sp³-hybridized carbons (Fsp3) is 0.350. The summed E-state index contributed by atoms with van der Waals surface area (Å²) in [4.78, 5) is 23.3. The molecule has 4 rings (SSSR count). The van der Waals surface area contributed by atoms with Gasteiger partial charge in [-0.2, -0.15) is 0 Å². The number of amides is 2. The van der Waals surface area contributed by atoms with Gasteiger partial charge in [0, 0.05) is 32.4 Å². The number of carbonyl (C=O) groups is 1. The highest BCUT2D eigenvalue weighted by Gasteiger charge is 2.24. The molecule has 0 bridgehead atoms. The number of nitrogens with zero attached hydrogens (tertiary/aromatic N) is 4. The van der Waals surface area contributed by atoms with Crippen molar-refractivity contribution in [2.24, 2.45) is 5.92 Å². The van der Waals surface area contributed by atoms with Gasteiger partial charge in [-0.15, -0.1) is 0 Å². The third-order valence-electron chi connectivity index (χ3n) is 4.92. The Kier molecular flexibility index (Phi) is 4.82. The first-order valence-electron chi connectivity index (χ1n) is 9.12. The number of piperidine rings is 1. The molecule has 1 N–H and O–H groups in total. The number of imidazole rings is 1. The molecule has 3 heterocycles. The van der Waals surface area contributed by atoms with E-state index in [0.29, 0.717) is 12.5 Å². The van der Waals surface area contributed by atoms with Gasteiger partial charge in [0.2, 0.25) is 0 Å². The number of urea groups is 1. The topological polar surface area (TPSA) is 63.1 Å². The number of benzene rings is 1. The molecule has 0 aliphatic carbocycles. The number of aromatic nitrogens is 3. The van der Waals surface area contributed by atoms with E-state index in [9.17, 15) is 4.79 Å². The van der Waals surface area contributed by atoms with Crippen LogP contribution >= 0.6 is 0 Å². The van der Waals surface area contributed by atoms with Crippen LogP contribution in [0.1, 0.15) is 18.4 Å². The van der Waals surface area contributed by atoms with Crippen molar-refractivity contribution < 1.29 is 4.79 Å². The molecule has 3 aromatic rings. The summed E-state index contributed by atoms with van der Waals surface area (Å²) in [5.74, 6) is 0.422. The van der Waals surface area contributed by atoms with Crippen molar-refractivity contribution in [2.45, 2.75) is 25.9 Å². The van der Waals surface area contributed by atoms with E-state index in [1.54, 1.807) is 6.20 Å². The first kappa shape index (κ1) is 16.6. The van der Waals surface area contributed by atoms with E-state index in [1.165, 1.54) is 0 Å². The molecule has 0 spiro atoms. The van der Waals surface area contributed by atoms with Crippen molar-refractivity contribution in [3.8, 4) is 0 Å². The summed E-state index contributed by atoms with van der Waals surface area (Å²) in [5, 5.41) is 3.03. The number of fused-ring (bicyclic) bond motifs is 1. The van der Waals surface area contributed by atoms with Gasteiger partial charge < -0.3 is 14.8 Å². The average molecular weight is 349 g/mol. The summed E-state index contributed by atoms with van der Waals surface area (Å²) in [7, 11) is 0. The zero-order valence-corrected chi connectivity index (χ0v) is 14.7. The molecule has 2 amide bonds. The van der Waals surface area contributed by atoms with Crippen LogP contribution < -0.4 is 5.32 Å². The molecule has 1 aliphatic heterocycles. The summed E-state index contributed by atoms with van der Waals surface area (Å²) in [6, 6.07) is 13.9. The Bertz CT molecular complexity index is 876. The first-order chi connectivity index (χ1) is 12.8. The Morgan fingerprint density at radius 1 is 1.15 bits per heavy atom. The van der Waals surface area contributed by atoms with Crippen LogP contribution in [0.3, 0.4) is 0 Å². The Morgan fingerprint density at radius 3 is 2.92 bits per heavy atom. The molecule has 1 saturated heterocycles. The van der Waals surface area contributed by atoms with E-state index in [2.05, 4.69) is 19.9 Å². The first-order valence-corrected chi connectivity index (χ1v) is 9.12. The molecule has 0 unspecified atom stereocenters. The minimum Gasteiger partial charge on any atom is -0.334 e. The van der Waals surface area contributed by atoms with Crippen LogP contribution in [0.15, 0.2) is 55.0 Å². The molecule has 2 aromatic heterocycles. The average Bonchev–Trinajstić information content (AvgIpc) is 3.10. The molecule has 1 fully saturated rings. The second kappa shape index (κ2) is 7.56. The third kappa shape index (κ3) is 3.69. The number of carbonyl (C=O) groups excluding carboxylic acids is 1. The predicted molar refractivity (Wildman–Crippen MR) is 101 cm³/mol. The number of hydrogen-bond donors (Lipinski definition) is 1. The Balaban J connectivity index is 1.35. The van der Waals surface area contributed by atoms with Crippen molar-refractivity contribution in [3.63, 3.8) is 0 Å². The van der Waals surface area contributed by atoms with E-state index in [0.717, 1.165) is 49.2 Å². The molecule has 6 nitrogen and oxygen atoms in total. The second-order valence-corrected chi connectivity index (χ2v) is 6.84. The molecular weight excluding hydrogens is 326 g/mol. The maximum Gasteiger partial charge on any atom is 0.317 e. The summed E-state index contributed by atoms with van der Waals surface area (Å²) in [5.41, 5.74) is 2.95. The predicted octanol–water partition coefficient (Wildman–Crippen LogP) is 3.05. The van der Waals surface area contributed by atoms with Gasteiger partial charge in [-0.25, -0.2) is 14.8 Å². The van der Waals surface area contributed by atoms with Gasteiger partial charge in [0.05, 0.1) is 6.33 Å². The van der Waals surface area contributed by atoms with Gasteiger partial charge in [-0.05, 0) is 36.5 Å². The SMILES string of the molecule is O=C(NCc1ccccc1)N1CCC[C@H](Cn2cnc3cccnc32)C1. The zero-order chi connectivity index (χ0) is 17.8. The van der Waals surface area contributed by atoms with Crippen LogP contribution in [-0.4, -0.2) is 38.6 Å². The fourth-order valence-electron chi connectivity index (χ4n) is 3.59.